The second-order valence-corrected chi connectivity index (χ2v) is 8.73. The van der Waals surface area contributed by atoms with E-state index in [2.05, 4.69) is 64.4 Å². The van der Waals surface area contributed by atoms with Crippen LogP contribution in [0.4, 0.5) is 0 Å². The topological polar surface area (TPSA) is 69.4 Å². The molecule has 0 atom stereocenters. The number of aryl methyl sites for hydroxylation is 1. The van der Waals surface area contributed by atoms with E-state index in [1.807, 2.05) is 19.3 Å². The Morgan fingerprint density at radius 3 is 2.57 bits per heavy atom. The Morgan fingerprint density at radius 1 is 0.967 bits per heavy atom. The fraction of sp³-hybridized carbons (Fsp3) is 0.360. The third-order valence-corrected chi connectivity index (χ3v) is 6.25. The SMILES string of the molecule is Cc1cc(-c2[nH]c3ccc(-c4ncc(C5CCNCC5)[nH]4)cc3c2C(C)C)ccn1. The molecule has 0 radical (unpaired) electrons. The van der Waals surface area contributed by atoms with Crippen molar-refractivity contribution in [3.8, 4) is 22.6 Å². The normalized spacial score (nSPS) is 15.3. The standard InChI is InChI=1S/C25H29N5/c1-15(2)23-20-13-19(25-28-14-22(30-25)17-6-9-26-10-7-17)4-5-21(20)29-24(23)18-8-11-27-16(3)12-18/h4-5,8,11-15,17,26,29H,6-7,9-10H2,1-3H3,(H,28,30). The van der Waals surface area contributed by atoms with Gasteiger partial charge in [0.1, 0.15) is 5.82 Å². The molecule has 1 aromatic carbocycles. The molecule has 154 valence electrons. The van der Waals surface area contributed by atoms with Crippen LogP contribution in [0.2, 0.25) is 0 Å². The van der Waals surface area contributed by atoms with Gasteiger partial charge in [-0.2, -0.15) is 0 Å². The van der Waals surface area contributed by atoms with E-state index in [0.717, 1.165) is 35.7 Å². The van der Waals surface area contributed by atoms with Gasteiger partial charge in [0.05, 0.1) is 5.69 Å². The van der Waals surface area contributed by atoms with Crippen LogP contribution in [-0.2, 0) is 0 Å². The minimum absolute atomic E-state index is 0.402. The molecule has 0 amide bonds. The molecule has 0 bridgehead atoms. The smallest absolute Gasteiger partial charge is 0.137 e. The van der Waals surface area contributed by atoms with Crippen molar-refractivity contribution < 1.29 is 0 Å². The first-order chi connectivity index (χ1) is 14.6. The second kappa shape index (κ2) is 7.73. The first-order valence-corrected chi connectivity index (χ1v) is 10.9. The number of imidazole rings is 1. The molecule has 0 saturated carbocycles. The highest BCUT2D eigenvalue weighted by Crippen LogP contribution is 2.37. The maximum atomic E-state index is 4.73. The third kappa shape index (κ3) is 3.43. The van der Waals surface area contributed by atoms with Crippen LogP contribution in [-0.4, -0.2) is 33.0 Å². The molecule has 1 aliphatic rings. The Labute approximate surface area is 177 Å². The fourth-order valence-corrected chi connectivity index (χ4v) is 4.71. The Balaban J connectivity index is 1.57. The molecule has 30 heavy (non-hydrogen) atoms. The van der Waals surface area contributed by atoms with Crippen LogP contribution in [0.5, 0.6) is 0 Å². The average Bonchev–Trinajstić information content (AvgIpc) is 3.39. The Hall–Kier alpha value is -2.92. The van der Waals surface area contributed by atoms with Crippen molar-refractivity contribution in [2.75, 3.05) is 13.1 Å². The summed E-state index contributed by atoms with van der Waals surface area (Å²) in [6.45, 7) is 8.73. The second-order valence-electron chi connectivity index (χ2n) is 8.73. The van der Waals surface area contributed by atoms with E-state index in [1.165, 1.54) is 40.7 Å². The molecule has 4 heterocycles. The number of aromatic nitrogens is 4. The summed E-state index contributed by atoms with van der Waals surface area (Å²) < 4.78 is 0. The first kappa shape index (κ1) is 19.1. The number of fused-ring (bicyclic) bond motifs is 1. The number of benzene rings is 1. The van der Waals surface area contributed by atoms with Crippen molar-refractivity contribution in [2.45, 2.75) is 45.4 Å². The quantitative estimate of drug-likeness (QED) is 0.423. The lowest BCUT2D eigenvalue weighted by Crippen LogP contribution is -2.26. The van der Waals surface area contributed by atoms with Gasteiger partial charge in [-0.05, 0) is 74.7 Å². The van der Waals surface area contributed by atoms with Gasteiger partial charge in [-0.3, -0.25) is 4.98 Å². The van der Waals surface area contributed by atoms with E-state index in [9.17, 15) is 0 Å². The molecule has 0 spiro atoms. The van der Waals surface area contributed by atoms with Crippen LogP contribution in [0.15, 0.2) is 42.7 Å². The number of aromatic amines is 2. The first-order valence-electron chi connectivity index (χ1n) is 10.9. The van der Waals surface area contributed by atoms with Crippen molar-refractivity contribution in [1.82, 2.24) is 25.3 Å². The highest BCUT2D eigenvalue weighted by molar-refractivity contribution is 5.93. The Morgan fingerprint density at radius 2 is 1.80 bits per heavy atom. The van der Waals surface area contributed by atoms with Crippen molar-refractivity contribution in [1.29, 1.82) is 0 Å². The van der Waals surface area contributed by atoms with Gasteiger partial charge in [0.15, 0.2) is 0 Å². The summed E-state index contributed by atoms with van der Waals surface area (Å²) >= 11 is 0. The number of pyridine rings is 1. The van der Waals surface area contributed by atoms with Crippen LogP contribution in [0.25, 0.3) is 33.5 Å². The number of H-pyrrole nitrogens is 2. The van der Waals surface area contributed by atoms with E-state index >= 15 is 0 Å². The molecule has 5 heteroatoms. The molecule has 0 aliphatic carbocycles. The number of hydrogen-bond acceptors (Lipinski definition) is 3. The summed E-state index contributed by atoms with van der Waals surface area (Å²) in [4.78, 5) is 16.3. The number of hydrogen-bond donors (Lipinski definition) is 3. The van der Waals surface area contributed by atoms with Crippen LogP contribution in [0.3, 0.4) is 0 Å². The summed E-state index contributed by atoms with van der Waals surface area (Å²) in [5.74, 6) is 1.94. The van der Waals surface area contributed by atoms with Gasteiger partial charge in [-0.15, -0.1) is 0 Å². The van der Waals surface area contributed by atoms with Crippen LogP contribution < -0.4 is 5.32 Å². The molecular weight excluding hydrogens is 370 g/mol. The van der Waals surface area contributed by atoms with Gasteiger partial charge in [-0.1, -0.05) is 13.8 Å². The average molecular weight is 400 g/mol. The third-order valence-electron chi connectivity index (χ3n) is 6.25. The predicted octanol–water partition coefficient (Wildman–Crippen LogP) is 5.52. The zero-order valence-corrected chi connectivity index (χ0v) is 17.9. The van der Waals surface area contributed by atoms with E-state index in [4.69, 9.17) is 4.98 Å². The highest BCUT2D eigenvalue weighted by Gasteiger charge is 2.20. The molecule has 5 rings (SSSR count). The van der Waals surface area contributed by atoms with E-state index < -0.39 is 0 Å². The number of rotatable bonds is 4. The van der Waals surface area contributed by atoms with Gasteiger partial charge in [0.25, 0.3) is 0 Å². The minimum atomic E-state index is 0.402. The summed E-state index contributed by atoms with van der Waals surface area (Å²) in [7, 11) is 0. The van der Waals surface area contributed by atoms with Gasteiger partial charge in [0.2, 0.25) is 0 Å². The van der Waals surface area contributed by atoms with Crippen molar-refractivity contribution >= 4 is 10.9 Å². The lowest BCUT2D eigenvalue weighted by Gasteiger charge is -2.21. The molecular formula is C25H29N5. The molecule has 5 nitrogen and oxygen atoms in total. The van der Waals surface area contributed by atoms with Gasteiger partial charge >= 0.3 is 0 Å². The van der Waals surface area contributed by atoms with Gasteiger partial charge in [0, 0.05) is 51.7 Å². The summed E-state index contributed by atoms with van der Waals surface area (Å²) in [5.41, 5.74) is 8.33. The Bertz CT molecular complexity index is 1180. The number of nitrogens with one attached hydrogen (secondary N) is 3. The van der Waals surface area contributed by atoms with Gasteiger partial charge in [-0.25, -0.2) is 4.98 Å². The molecule has 4 aromatic rings. The molecule has 1 aliphatic heterocycles. The van der Waals surface area contributed by atoms with Crippen molar-refractivity contribution in [3.05, 3.63) is 59.7 Å². The zero-order chi connectivity index (χ0) is 20.7. The zero-order valence-electron chi connectivity index (χ0n) is 17.9. The van der Waals surface area contributed by atoms with Gasteiger partial charge < -0.3 is 15.3 Å². The predicted molar refractivity (Wildman–Crippen MR) is 123 cm³/mol. The molecule has 3 aromatic heterocycles. The molecule has 0 unspecified atom stereocenters. The van der Waals surface area contributed by atoms with Crippen LogP contribution in [0.1, 0.15) is 55.5 Å². The largest absolute Gasteiger partial charge is 0.354 e. The monoisotopic (exact) mass is 399 g/mol. The molecule has 1 saturated heterocycles. The van der Waals surface area contributed by atoms with Crippen molar-refractivity contribution in [2.24, 2.45) is 0 Å². The highest BCUT2D eigenvalue weighted by atomic mass is 14.9. The van der Waals surface area contributed by atoms with Crippen LogP contribution >= 0.6 is 0 Å². The number of nitrogens with zero attached hydrogens (tertiary/aromatic N) is 2. The molecule has 3 N–H and O–H groups in total. The van der Waals surface area contributed by atoms with Crippen LogP contribution in [0, 0.1) is 6.92 Å². The minimum Gasteiger partial charge on any atom is -0.354 e. The summed E-state index contributed by atoms with van der Waals surface area (Å²) in [6, 6.07) is 10.9. The lowest BCUT2D eigenvalue weighted by atomic mass is 9.95. The maximum absolute atomic E-state index is 4.73. The van der Waals surface area contributed by atoms with E-state index in [0.29, 0.717) is 11.8 Å². The molecule has 1 fully saturated rings. The van der Waals surface area contributed by atoms with Crippen molar-refractivity contribution in [3.63, 3.8) is 0 Å². The number of piperidine rings is 1. The maximum Gasteiger partial charge on any atom is 0.137 e. The summed E-state index contributed by atoms with van der Waals surface area (Å²) in [6.07, 6.45) is 6.26. The van der Waals surface area contributed by atoms with E-state index in [1.54, 1.807) is 0 Å². The summed E-state index contributed by atoms with van der Waals surface area (Å²) in [5, 5.41) is 4.71. The lowest BCUT2D eigenvalue weighted by molar-refractivity contribution is 0.454. The van der Waals surface area contributed by atoms with E-state index in [-0.39, 0.29) is 0 Å². The Kier molecular flexibility index (Phi) is 4.91. The fourth-order valence-electron chi connectivity index (χ4n) is 4.71.